The number of rotatable bonds is 9. The van der Waals surface area contributed by atoms with Gasteiger partial charge < -0.3 is 4.57 Å². The smallest absolute Gasteiger partial charge is 0.137 e. The standard InChI is InChI=1S/C22H30ClN3O/c1-14(2)15(3)12-22-25-24-21(26(22)18-8-9-18)11-10-19(27)13-17-6-5-7-20(23)16(17)4/h5-7,14-15,18H,8-13H2,1-4H3. The maximum atomic E-state index is 12.5. The van der Waals surface area contributed by atoms with Crippen LogP contribution in [0.1, 0.15) is 68.9 Å². The van der Waals surface area contributed by atoms with E-state index in [0.29, 0.717) is 37.1 Å². The number of aryl methyl sites for hydroxylation is 1. The molecular weight excluding hydrogens is 358 g/mol. The number of carbonyl (C=O) groups is 1. The Labute approximate surface area is 167 Å². The van der Waals surface area contributed by atoms with Crippen LogP contribution in [0.2, 0.25) is 5.02 Å². The molecule has 3 rings (SSSR count). The number of benzene rings is 1. The van der Waals surface area contributed by atoms with Crippen molar-refractivity contribution in [3.63, 3.8) is 0 Å². The zero-order chi connectivity index (χ0) is 19.6. The van der Waals surface area contributed by atoms with Crippen molar-refractivity contribution in [2.45, 2.75) is 72.3 Å². The van der Waals surface area contributed by atoms with E-state index in [4.69, 9.17) is 11.6 Å². The average molecular weight is 388 g/mol. The number of hydrogen-bond acceptors (Lipinski definition) is 3. The van der Waals surface area contributed by atoms with Crippen LogP contribution in [0.15, 0.2) is 18.2 Å². The van der Waals surface area contributed by atoms with Crippen molar-refractivity contribution in [3.05, 3.63) is 46.0 Å². The lowest BCUT2D eigenvalue weighted by atomic mass is 9.94. The molecule has 1 heterocycles. The largest absolute Gasteiger partial charge is 0.312 e. The van der Waals surface area contributed by atoms with E-state index in [2.05, 4.69) is 35.5 Å². The van der Waals surface area contributed by atoms with Gasteiger partial charge in [0.1, 0.15) is 17.4 Å². The fourth-order valence-corrected chi connectivity index (χ4v) is 3.54. The summed E-state index contributed by atoms with van der Waals surface area (Å²) in [5.41, 5.74) is 2.02. The van der Waals surface area contributed by atoms with Gasteiger partial charge in [0, 0.05) is 36.7 Å². The summed E-state index contributed by atoms with van der Waals surface area (Å²) in [6.07, 6.45) is 4.94. The molecule has 0 N–H and O–H groups in total. The highest BCUT2D eigenvalue weighted by atomic mass is 35.5. The monoisotopic (exact) mass is 387 g/mol. The molecule has 0 aliphatic heterocycles. The fourth-order valence-electron chi connectivity index (χ4n) is 3.34. The Morgan fingerprint density at radius 3 is 2.59 bits per heavy atom. The third kappa shape index (κ3) is 4.98. The van der Waals surface area contributed by atoms with Crippen molar-refractivity contribution in [3.8, 4) is 0 Å². The number of ketones is 1. The van der Waals surface area contributed by atoms with Gasteiger partial charge in [-0.3, -0.25) is 4.79 Å². The van der Waals surface area contributed by atoms with Gasteiger partial charge in [0.25, 0.3) is 0 Å². The topological polar surface area (TPSA) is 47.8 Å². The summed E-state index contributed by atoms with van der Waals surface area (Å²) in [5.74, 6) is 3.49. The highest BCUT2D eigenvalue weighted by Gasteiger charge is 2.30. The summed E-state index contributed by atoms with van der Waals surface area (Å²) in [6.45, 7) is 8.74. The molecule has 1 aliphatic carbocycles. The van der Waals surface area contributed by atoms with E-state index < -0.39 is 0 Å². The number of carbonyl (C=O) groups excluding carboxylic acids is 1. The van der Waals surface area contributed by atoms with Crippen LogP contribution < -0.4 is 0 Å². The molecule has 4 nitrogen and oxygen atoms in total. The molecule has 0 radical (unpaired) electrons. The second-order valence-corrected chi connectivity index (χ2v) is 8.71. The summed E-state index contributed by atoms with van der Waals surface area (Å²) >= 11 is 6.17. The van der Waals surface area contributed by atoms with Gasteiger partial charge in [0.05, 0.1) is 0 Å². The van der Waals surface area contributed by atoms with Gasteiger partial charge in [-0.25, -0.2) is 0 Å². The summed E-state index contributed by atoms with van der Waals surface area (Å²) in [5, 5.41) is 9.63. The fraction of sp³-hybridized carbons (Fsp3) is 0.591. The quantitative estimate of drug-likeness (QED) is 0.597. The molecule has 0 bridgehead atoms. The summed E-state index contributed by atoms with van der Waals surface area (Å²) in [4.78, 5) is 12.5. The van der Waals surface area contributed by atoms with E-state index in [-0.39, 0.29) is 5.78 Å². The molecular formula is C22H30ClN3O. The molecule has 0 spiro atoms. The number of Topliss-reactive ketones (excluding diaryl/α,β-unsaturated/α-hetero) is 1. The second-order valence-electron chi connectivity index (χ2n) is 8.30. The van der Waals surface area contributed by atoms with Crippen LogP contribution >= 0.6 is 11.6 Å². The van der Waals surface area contributed by atoms with E-state index in [0.717, 1.165) is 34.2 Å². The Morgan fingerprint density at radius 2 is 1.93 bits per heavy atom. The molecule has 1 unspecified atom stereocenters. The van der Waals surface area contributed by atoms with Crippen molar-refractivity contribution >= 4 is 17.4 Å². The van der Waals surface area contributed by atoms with Crippen LogP contribution in [0.5, 0.6) is 0 Å². The molecule has 1 fully saturated rings. The first-order valence-corrected chi connectivity index (χ1v) is 10.4. The molecule has 0 saturated heterocycles. The summed E-state index contributed by atoms with van der Waals surface area (Å²) < 4.78 is 2.32. The molecule has 27 heavy (non-hydrogen) atoms. The highest BCUT2D eigenvalue weighted by Crippen LogP contribution is 2.37. The normalized spacial score (nSPS) is 15.3. The van der Waals surface area contributed by atoms with Crippen LogP contribution in [-0.2, 0) is 24.1 Å². The Morgan fingerprint density at radius 1 is 1.22 bits per heavy atom. The molecule has 1 aromatic heterocycles. The minimum Gasteiger partial charge on any atom is -0.312 e. The first-order valence-electron chi connectivity index (χ1n) is 10.0. The molecule has 1 aliphatic rings. The molecule has 1 aromatic carbocycles. The van der Waals surface area contributed by atoms with Gasteiger partial charge in [-0.05, 0) is 48.8 Å². The molecule has 1 atom stereocenters. The Kier molecular flexibility index (Phi) is 6.36. The van der Waals surface area contributed by atoms with Crippen LogP contribution in [0.25, 0.3) is 0 Å². The minimum absolute atomic E-state index is 0.225. The SMILES string of the molecule is Cc1c(Cl)cccc1CC(=O)CCc1nnc(CC(C)C(C)C)n1C1CC1. The van der Waals surface area contributed by atoms with Crippen molar-refractivity contribution in [2.75, 3.05) is 0 Å². The van der Waals surface area contributed by atoms with Gasteiger partial charge in [0.15, 0.2) is 0 Å². The predicted octanol–water partition coefficient (Wildman–Crippen LogP) is 5.15. The van der Waals surface area contributed by atoms with Crippen molar-refractivity contribution in [2.24, 2.45) is 11.8 Å². The lowest BCUT2D eigenvalue weighted by Crippen LogP contribution is -2.14. The third-order valence-electron chi connectivity index (χ3n) is 5.79. The first-order chi connectivity index (χ1) is 12.9. The Balaban J connectivity index is 1.64. The molecule has 1 saturated carbocycles. The van der Waals surface area contributed by atoms with Crippen LogP contribution in [-0.4, -0.2) is 20.5 Å². The van der Waals surface area contributed by atoms with Crippen molar-refractivity contribution in [1.82, 2.24) is 14.8 Å². The first kappa shape index (κ1) is 20.1. The maximum absolute atomic E-state index is 12.5. The second kappa shape index (κ2) is 8.55. The number of halogens is 1. The van der Waals surface area contributed by atoms with Gasteiger partial charge in [0.2, 0.25) is 0 Å². The van der Waals surface area contributed by atoms with Crippen LogP contribution in [0.4, 0.5) is 0 Å². The maximum Gasteiger partial charge on any atom is 0.137 e. The van der Waals surface area contributed by atoms with Gasteiger partial charge in [-0.15, -0.1) is 10.2 Å². The van der Waals surface area contributed by atoms with E-state index in [1.165, 1.54) is 12.8 Å². The number of hydrogen-bond donors (Lipinski definition) is 0. The van der Waals surface area contributed by atoms with E-state index in [1.807, 2.05) is 25.1 Å². The van der Waals surface area contributed by atoms with Crippen LogP contribution in [0.3, 0.4) is 0 Å². The average Bonchev–Trinajstić information content (AvgIpc) is 3.38. The Bertz CT molecular complexity index is 808. The Hall–Kier alpha value is -1.68. The molecule has 146 valence electrons. The number of nitrogens with zero attached hydrogens (tertiary/aromatic N) is 3. The van der Waals surface area contributed by atoms with E-state index in [9.17, 15) is 4.79 Å². The third-order valence-corrected chi connectivity index (χ3v) is 6.20. The van der Waals surface area contributed by atoms with E-state index >= 15 is 0 Å². The van der Waals surface area contributed by atoms with Crippen molar-refractivity contribution in [1.29, 1.82) is 0 Å². The number of aromatic nitrogens is 3. The molecule has 0 amide bonds. The minimum atomic E-state index is 0.225. The van der Waals surface area contributed by atoms with Gasteiger partial charge in [-0.2, -0.15) is 0 Å². The summed E-state index contributed by atoms with van der Waals surface area (Å²) in [7, 11) is 0. The molecule has 5 heteroatoms. The lowest BCUT2D eigenvalue weighted by Gasteiger charge is -2.16. The molecule has 2 aromatic rings. The van der Waals surface area contributed by atoms with Gasteiger partial charge in [-0.1, -0.05) is 44.5 Å². The van der Waals surface area contributed by atoms with Crippen LogP contribution in [0, 0.1) is 18.8 Å². The zero-order valence-electron chi connectivity index (χ0n) is 16.8. The van der Waals surface area contributed by atoms with Crippen molar-refractivity contribution < 1.29 is 4.79 Å². The summed E-state index contributed by atoms with van der Waals surface area (Å²) in [6, 6.07) is 6.29. The predicted molar refractivity (Wildman–Crippen MR) is 109 cm³/mol. The van der Waals surface area contributed by atoms with E-state index in [1.54, 1.807) is 0 Å². The highest BCUT2D eigenvalue weighted by molar-refractivity contribution is 6.31. The van der Waals surface area contributed by atoms with Gasteiger partial charge >= 0.3 is 0 Å². The lowest BCUT2D eigenvalue weighted by molar-refractivity contribution is -0.118. The zero-order valence-corrected chi connectivity index (χ0v) is 17.6.